The van der Waals surface area contributed by atoms with Crippen molar-refractivity contribution in [2.75, 3.05) is 44.3 Å². The Bertz CT molecular complexity index is 773. The third-order valence-electron chi connectivity index (χ3n) is 4.63. The lowest BCUT2D eigenvalue weighted by atomic mass is 10.2. The van der Waals surface area contributed by atoms with Crippen LogP contribution in [0.1, 0.15) is 25.6 Å². The van der Waals surface area contributed by atoms with Gasteiger partial charge in [0.1, 0.15) is 23.4 Å². The number of nitrogens with zero attached hydrogens (tertiary/aromatic N) is 3. The van der Waals surface area contributed by atoms with E-state index in [1.165, 1.54) is 4.88 Å². The topological polar surface area (TPSA) is 68.7 Å². The van der Waals surface area contributed by atoms with Crippen LogP contribution in [0.4, 0.5) is 5.82 Å². The van der Waals surface area contributed by atoms with Crippen molar-refractivity contribution in [2.24, 2.45) is 0 Å². The molecule has 2 aliphatic rings. The Labute approximate surface area is 157 Å². The molecule has 4 rings (SSSR count). The van der Waals surface area contributed by atoms with Crippen molar-refractivity contribution in [2.45, 2.75) is 39.1 Å². The van der Waals surface area contributed by atoms with Crippen LogP contribution in [0.2, 0.25) is 0 Å². The van der Waals surface area contributed by atoms with E-state index in [0.29, 0.717) is 19.2 Å². The third-order valence-corrected chi connectivity index (χ3v) is 5.81. The molecule has 142 valence electrons. The number of fused-ring (bicyclic) bond motifs is 1. The summed E-state index contributed by atoms with van der Waals surface area (Å²) in [4.78, 5) is 14.0. The summed E-state index contributed by atoms with van der Waals surface area (Å²) in [6, 6.07) is 2.64. The maximum Gasteiger partial charge on any atom is 0.319 e. The molecular formula is C18H26N4O3S. The first kappa shape index (κ1) is 17.9. The van der Waals surface area contributed by atoms with Gasteiger partial charge in [-0.2, -0.15) is 9.97 Å². The van der Waals surface area contributed by atoms with Gasteiger partial charge in [0.05, 0.1) is 12.0 Å². The van der Waals surface area contributed by atoms with E-state index in [1.807, 2.05) is 13.8 Å². The van der Waals surface area contributed by atoms with Crippen molar-refractivity contribution in [3.63, 3.8) is 0 Å². The molecule has 0 unspecified atom stereocenters. The lowest BCUT2D eigenvalue weighted by Crippen LogP contribution is -2.44. The highest BCUT2D eigenvalue weighted by Crippen LogP contribution is 2.33. The molecular weight excluding hydrogens is 352 g/mol. The number of ether oxygens (including phenoxy) is 3. The minimum absolute atomic E-state index is 0.0959. The number of hydrogen-bond donors (Lipinski definition) is 1. The molecule has 2 aromatic rings. The minimum atomic E-state index is -0.547. The Balaban J connectivity index is 1.58. The molecule has 0 aromatic carbocycles. The van der Waals surface area contributed by atoms with Crippen molar-refractivity contribution < 1.29 is 14.2 Å². The molecule has 8 heteroatoms. The molecule has 26 heavy (non-hydrogen) atoms. The zero-order chi connectivity index (χ0) is 18.1. The van der Waals surface area contributed by atoms with Crippen molar-refractivity contribution in [3.05, 3.63) is 10.9 Å². The predicted octanol–water partition coefficient (Wildman–Crippen LogP) is 2.19. The van der Waals surface area contributed by atoms with Gasteiger partial charge in [0.2, 0.25) is 0 Å². The maximum atomic E-state index is 5.90. The number of nitrogens with one attached hydrogen (secondary N) is 1. The highest BCUT2D eigenvalue weighted by atomic mass is 32.1. The lowest BCUT2D eigenvalue weighted by Gasteiger charge is -2.29. The zero-order valence-corrected chi connectivity index (χ0v) is 16.4. The first-order valence-electron chi connectivity index (χ1n) is 9.25. The molecule has 2 fully saturated rings. The highest BCUT2D eigenvalue weighted by molar-refractivity contribution is 7.18. The van der Waals surface area contributed by atoms with Crippen LogP contribution in [0.15, 0.2) is 6.07 Å². The quantitative estimate of drug-likeness (QED) is 0.855. The van der Waals surface area contributed by atoms with Gasteiger partial charge in [0.15, 0.2) is 5.79 Å². The second kappa shape index (κ2) is 7.26. The summed E-state index contributed by atoms with van der Waals surface area (Å²) in [6.45, 7) is 10.7. The molecule has 2 saturated heterocycles. The van der Waals surface area contributed by atoms with Gasteiger partial charge >= 0.3 is 6.01 Å². The van der Waals surface area contributed by atoms with Crippen LogP contribution in [0.3, 0.4) is 0 Å². The Morgan fingerprint density at radius 2 is 2.15 bits per heavy atom. The van der Waals surface area contributed by atoms with Crippen molar-refractivity contribution in [3.8, 4) is 6.01 Å². The first-order chi connectivity index (χ1) is 12.5. The summed E-state index contributed by atoms with van der Waals surface area (Å²) >= 11 is 1.72. The van der Waals surface area contributed by atoms with Crippen molar-refractivity contribution in [1.29, 1.82) is 0 Å². The first-order valence-corrected chi connectivity index (χ1v) is 10.1. The van der Waals surface area contributed by atoms with E-state index in [2.05, 4.69) is 28.2 Å². The number of thiophene rings is 1. The van der Waals surface area contributed by atoms with E-state index >= 15 is 0 Å². The molecule has 1 N–H and O–H groups in total. The molecule has 4 heterocycles. The van der Waals surface area contributed by atoms with Crippen LogP contribution in [0.5, 0.6) is 6.01 Å². The van der Waals surface area contributed by atoms with Crippen LogP contribution in [0.25, 0.3) is 10.2 Å². The zero-order valence-electron chi connectivity index (χ0n) is 15.6. The number of piperazine rings is 1. The maximum absolute atomic E-state index is 5.90. The van der Waals surface area contributed by atoms with E-state index in [0.717, 1.165) is 48.6 Å². The molecule has 0 radical (unpaired) electrons. The number of aryl methyl sites for hydroxylation is 1. The summed E-state index contributed by atoms with van der Waals surface area (Å²) in [5.74, 6) is 0.431. The lowest BCUT2D eigenvalue weighted by molar-refractivity contribution is -0.141. The minimum Gasteiger partial charge on any atom is -0.461 e. The molecule has 2 aromatic heterocycles. The molecule has 7 nitrogen and oxygen atoms in total. The van der Waals surface area contributed by atoms with Crippen LogP contribution in [-0.2, 0) is 15.9 Å². The van der Waals surface area contributed by atoms with Crippen LogP contribution >= 0.6 is 11.3 Å². The van der Waals surface area contributed by atoms with Gasteiger partial charge in [-0.15, -0.1) is 11.3 Å². The van der Waals surface area contributed by atoms with Crippen molar-refractivity contribution in [1.82, 2.24) is 15.3 Å². The number of hydrogen-bond acceptors (Lipinski definition) is 8. The normalized spacial score (nSPS) is 22.9. The smallest absolute Gasteiger partial charge is 0.319 e. The van der Waals surface area contributed by atoms with E-state index in [4.69, 9.17) is 19.2 Å². The average molecular weight is 378 g/mol. The summed E-state index contributed by atoms with van der Waals surface area (Å²) in [6.07, 6.45) is 0.905. The van der Waals surface area contributed by atoms with Gasteiger partial charge in [-0.05, 0) is 26.3 Å². The van der Waals surface area contributed by atoms with E-state index in [1.54, 1.807) is 11.3 Å². The van der Waals surface area contributed by atoms with Crippen molar-refractivity contribution >= 4 is 27.4 Å². The Morgan fingerprint density at radius 3 is 2.85 bits per heavy atom. The molecule has 0 spiro atoms. The molecule has 0 saturated carbocycles. The Kier molecular flexibility index (Phi) is 5.00. The summed E-state index contributed by atoms with van der Waals surface area (Å²) < 4.78 is 17.3. The number of anilines is 1. The Morgan fingerprint density at radius 1 is 1.35 bits per heavy atom. The summed E-state index contributed by atoms with van der Waals surface area (Å²) in [5.41, 5.74) is 0. The predicted molar refractivity (Wildman–Crippen MR) is 102 cm³/mol. The van der Waals surface area contributed by atoms with E-state index in [-0.39, 0.29) is 6.10 Å². The fourth-order valence-electron chi connectivity index (χ4n) is 3.31. The second-order valence-corrected chi connectivity index (χ2v) is 8.23. The van der Waals surface area contributed by atoms with E-state index in [9.17, 15) is 0 Å². The van der Waals surface area contributed by atoms with Gasteiger partial charge in [-0.3, -0.25) is 0 Å². The standard InChI is InChI=1S/C18H26N4O3S/c1-4-13-9-14-15(22-7-5-19-6-8-22)20-17(21-16(14)26-13)23-10-12-11-24-18(2,3)25-12/h9,12,19H,4-8,10-11H2,1-3H3/t12-/m0/s1. The fourth-order valence-corrected chi connectivity index (χ4v) is 4.26. The average Bonchev–Trinajstić information content (AvgIpc) is 3.22. The number of aromatic nitrogens is 2. The third kappa shape index (κ3) is 3.78. The molecule has 0 aliphatic carbocycles. The van der Waals surface area contributed by atoms with Gasteiger partial charge in [-0.25, -0.2) is 0 Å². The van der Waals surface area contributed by atoms with Gasteiger partial charge in [-0.1, -0.05) is 6.92 Å². The van der Waals surface area contributed by atoms with Gasteiger partial charge in [0, 0.05) is 31.1 Å². The summed E-state index contributed by atoms with van der Waals surface area (Å²) in [5, 5.41) is 4.52. The monoisotopic (exact) mass is 378 g/mol. The molecule has 0 amide bonds. The molecule has 2 aliphatic heterocycles. The van der Waals surface area contributed by atoms with Gasteiger partial charge in [0.25, 0.3) is 0 Å². The van der Waals surface area contributed by atoms with Crippen LogP contribution < -0.4 is 15.0 Å². The number of rotatable bonds is 5. The fraction of sp³-hybridized carbons (Fsp3) is 0.667. The Hall–Kier alpha value is -1.48. The molecule has 1 atom stereocenters. The SMILES string of the molecule is CCc1cc2c(N3CCNCC3)nc(OC[C@H]3COC(C)(C)O3)nc2s1. The largest absolute Gasteiger partial charge is 0.461 e. The second-order valence-electron chi connectivity index (χ2n) is 7.11. The van der Waals surface area contributed by atoms with Gasteiger partial charge < -0.3 is 24.4 Å². The van der Waals surface area contributed by atoms with Crippen LogP contribution in [0, 0.1) is 0 Å². The van der Waals surface area contributed by atoms with Crippen LogP contribution in [-0.4, -0.2) is 61.3 Å². The highest BCUT2D eigenvalue weighted by Gasteiger charge is 2.33. The molecule has 0 bridgehead atoms. The van der Waals surface area contributed by atoms with E-state index < -0.39 is 5.79 Å². The summed E-state index contributed by atoms with van der Waals surface area (Å²) in [7, 11) is 0.